The monoisotopic (exact) mass is 368 g/mol. The molecule has 24 heavy (non-hydrogen) atoms. The van der Waals surface area contributed by atoms with E-state index in [0.717, 1.165) is 23.1 Å². The van der Waals surface area contributed by atoms with Gasteiger partial charge in [-0.15, -0.1) is 0 Å². The van der Waals surface area contributed by atoms with E-state index >= 15 is 0 Å². The summed E-state index contributed by atoms with van der Waals surface area (Å²) in [5.74, 6) is 0.873. The van der Waals surface area contributed by atoms with E-state index in [1.54, 1.807) is 18.2 Å². The Morgan fingerprint density at radius 1 is 1.12 bits per heavy atom. The van der Waals surface area contributed by atoms with Gasteiger partial charge in [0.1, 0.15) is 18.1 Å². The predicted octanol–water partition coefficient (Wildman–Crippen LogP) is 5.59. The molecule has 0 atom stereocenters. The lowest BCUT2D eigenvalue weighted by Crippen LogP contribution is -2.11. The molecule has 0 aliphatic heterocycles. The largest absolute Gasteiger partial charge is 0.513 e. The third-order valence-corrected chi connectivity index (χ3v) is 4.26. The minimum absolute atomic E-state index is 0.190. The Kier molecular flexibility index (Phi) is 6.35. The summed E-state index contributed by atoms with van der Waals surface area (Å²) in [5.41, 5.74) is 2.64. The normalized spacial score (nSPS) is 10.4. The molecular formula is C18H18Cl2O4. The fourth-order valence-electron chi connectivity index (χ4n) is 2.22. The Morgan fingerprint density at radius 3 is 2.54 bits per heavy atom. The van der Waals surface area contributed by atoms with Crippen LogP contribution in [0.5, 0.6) is 11.5 Å². The molecule has 0 fully saturated rings. The highest BCUT2D eigenvalue weighted by atomic mass is 35.5. The summed E-state index contributed by atoms with van der Waals surface area (Å²) in [6.07, 6.45) is -0.0136. The highest BCUT2D eigenvalue weighted by Gasteiger charge is 2.14. The van der Waals surface area contributed by atoms with Crippen LogP contribution in [0.1, 0.15) is 23.6 Å². The summed E-state index contributed by atoms with van der Waals surface area (Å²) in [4.78, 5) is 11.4. The van der Waals surface area contributed by atoms with Crippen LogP contribution in [0.15, 0.2) is 30.3 Å². The van der Waals surface area contributed by atoms with Gasteiger partial charge in [0.25, 0.3) is 0 Å². The number of ether oxygens (including phenoxy) is 3. The number of halogens is 2. The van der Waals surface area contributed by atoms with E-state index in [0.29, 0.717) is 21.5 Å². The highest BCUT2D eigenvalue weighted by molar-refractivity contribution is 6.34. The Hall–Kier alpha value is -1.91. The molecule has 0 aliphatic rings. The average Bonchev–Trinajstić information content (AvgIpc) is 2.57. The average molecular weight is 369 g/mol. The number of aryl methyl sites for hydroxylation is 2. The van der Waals surface area contributed by atoms with Gasteiger partial charge in [-0.3, -0.25) is 0 Å². The molecule has 2 aromatic rings. The van der Waals surface area contributed by atoms with Crippen LogP contribution in [0.2, 0.25) is 10.0 Å². The first-order valence-electron chi connectivity index (χ1n) is 7.41. The molecule has 2 rings (SSSR count). The molecule has 0 saturated carbocycles. The van der Waals surface area contributed by atoms with Crippen LogP contribution in [-0.2, 0) is 17.8 Å². The molecule has 0 spiro atoms. The third kappa shape index (κ3) is 4.34. The van der Waals surface area contributed by atoms with Crippen molar-refractivity contribution in [2.75, 3.05) is 7.11 Å². The molecule has 0 amide bonds. The van der Waals surface area contributed by atoms with Gasteiger partial charge in [-0.2, -0.15) is 0 Å². The van der Waals surface area contributed by atoms with Gasteiger partial charge in [0.2, 0.25) is 0 Å². The molecule has 0 unspecified atom stereocenters. The van der Waals surface area contributed by atoms with Crippen molar-refractivity contribution >= 4 is 29.4 Å². The summed E-state index contributed by atoms with van der Waals surface area (Å²) in [6, 6.07) is 8.88. The van der Waals surface area contributed by atoms with Crippen molar-refractivity contribution in [3.8, 4) is 11.5 Å². The van der Waals surface area contributed by atoms with E-state index in [-0.39, 0.29) is 6.61 Å². The van der Waals surface area contributed by atoms with Gasteiger partial charge in [0, 0.05) is 16.7 Å². The lowest BCUT2D eigenvalue weighted by molar-refractivity contribution is 0.120. The van der Waals surface area contributed by atoms with Gasteiger partial charge in [-0.1, -0.05) is 42.3 Å². The second kappa shape index (κ2) is 8.27. The topological polar surface area (TPSA) is 44.8 Å². The Balaban J connectivity index is 2.28. The van der Waals surface area contributed by atoms with Crippen LogP contribution in [-0.4, -0.2) is 13.3 Å². The lowest BCUT2D eigenvalue weighted by atomic mass is 10.0. The Labute approximate surface area is 151 Å². The Bertz CT molecular complexity index is 744. The smallest absolute Gasteiger partial charge is 0.487 e. The summed E-state index contributed by atoms with van der Waals surface area (Å²) >= 11 is 12.3. The molecule has 128 valence electrons. The lowest BCUT2D eigenvalue weighted by Gasteiger charge is -2.15. The molecule has 0 heterocycles. The number of carbonyl (C=O) groups is 1. The van der Waals surface area contributed by atoms with Gasteiger partial charge in [0.15, 0.2) is 0 Å². The van der Waals surface area contributed by atoms with Gasteiger partial charge in [-0.25, -0.2) is 4.79 Å². The zero-order chi connectivity index (χ0) is 17.7. The molecular weight excluding hydrogens is 351 g/mol. The molecule has 2 aromatic carbocycles. The van der Waals surface area contributed by atoms with Crippen LogP contribution in [0.25, 0.3) is 0 Å². The Morgan fingerprint density at radius 2 is 1.88 bits per heavy atom. The van der Waals surface area contributed by atoms with Crippen LogP contribution in [0.4, 0.5) is 4.79 Å². The second-order valence-corrected chi connectivity index (χ2v) is 5.94. The standard InChI is InChI=1S/C18H18Cl2O4/c1-4-12-6-5-7-16(24-18(21)22-3)13(12)10-23-17-9-14(19)11(2)8-15(17)20/h5-9H,4,10H2,1-3H3. The second-order valence-electron chi connectivity index (χ2n) is 5.12. The van der Waals surface area contributed by atoms with Gasteiger partial charge < -0.3 is 14.2 Å². The van der Waals surface area contributed by atoms with Crippen molar-refractivity contribution in [3.05, 3.63) is 57.1 Å². The quantitative estimate of drug-likeness (QED) is 0.509. The van der Waals surface area contributed by atoms with E-state index in [2.05, 4.69) is 4.74 Å². The minimum atomic E-state index is -0.777. The highest BCUT2D eigenvalue weighted by Crippen LogP contribution is 2.32. The molecule has 0 radical (unpaired) electrons. The third-order valence-electron chi connectivity index (χ3n) is 3.56. The van der Waals surface area contributed by atoms with Crippen molar-refractivity contribution < 1.29 is 19.0 Å². The van der Waals surface area contributed by atoms with Gasteiger partial charge in [0.05, 0.1) is 12.1 Å². The van der Waals surface area contributed by atoms with Crippen molar-refractivity contribution in [1.82, 2.24) is 0 Å². The number of hydrogen-bond donors (Lipinski definition) is 0. The van der Waals surface area contributed by atoms with E-state index in [1.807, 2.05) is 26.0 Å². The molecule has 0 aliphatic carbocycles. The molecule has 0 aromatic heterocycles. The van der Waals surface area contributed by atoms with E-state index in [4.69, 9.17) is 32.7 Å². The molecule has 6 heteroatoms. The molecule has 0 N–H and O–H groups in total. The van der Waals surface area contributed by atoms with Crippen molar-refractivity contribution in [2.24, 2.45) is 0 Å². The minimum Gasteiger partial charge on any atom is -0.487 e. The number of methoxy groups -OCH3 is 1. The van der Waals surface area contributed by atoms with Crippen molar-refractivity contribution in [1.29, 1.82) is 0 Å². The molecule has 0 bridgehead atoms. The SMILES string of the molecule is CCc1cccc(OC(=O)OC)c1COc1cc(Cl)c(C)cc1Cl. The van der Waals surface area contributed by atoms with Crippen LogP contribution >= 0.6 is 23.2 Å². The fourth-order valence-corrected chi connectivity index (χ4v) is 2.65. The van der Waals surface area contributed by atoms with Crippen molar-refractivity contribution in [3.63, 3.8) is 0 Å². The first-order valence-corrected chi connectivity index (χ1v) is 8.16. The summed E-state index contributed by atoms with van der Waals surface area (Å²) < 4.78 is 15.6. The summed E-state index contributed by atoms with van der Waals surface area (Å²) in [7, 11) is 1.26. The number of carbonyl (C=O) groups excluding carboxylic acids is 1. The van der Waals surface area contributed by atoms with E-state index < -0.39 is 6.16 Å². The maximum atomic E-state index is 11.4. The number of benzene rings is 2. The molecule has 0 saturated heterocycles. The van der Waals surface area contributed by atoms with Crippen LogP contribution in [0.3, 0.4) is 0 Å². The van der Waals surface area contributed by atoms with Crippen molar-refractivity contribution in [2.45, 2.75) is 26.9 Å². The zero-order valence-corrected chi connectivity index (χ0v) is 15.2. The maximum absolute atomic E-state index is 11.4. The fraction of sp³-hybridized carbons (Fsp3) is 0.278. The van der Waals surface area contributed by atoms with Gasteiger partial charge >= 0.3 is 6.16 Å². The van der Waals surface area contributed by atoms with Gasteiger partial charge in [-0.05, 0) is 36.6 Å². The van der Waals surface area contributed by atoms with Crippen LogP contribution < -0.4 is 9.47 Å². The molecule has 4 nitrogen and oxygen atoms in total. The van der Waals surface area contributed by atoms with E-state index in [1.165, 1.54) is 7.11 Å². The van der Waals surface area contributed by atoms with Crippen LogP contribution in [0, 0.1) is 6.92 Å². The summed E-state index contributed by atoms with van der Waals surface area (Å²) in [6.45, 7) is 4.07. The summed E-state index contributed by atoms with van der Waals surface area (Å²) in [5, 5.41) is 1.05. The zero-order valence-electron chi connectivity index (χ0n) is 13.7. The number of hydrogen-bond acceptors (Lipinski definition) is 4. The number of rotatable bonds is 5. The van der Waals surface area contributed by atoms with E-state index in [9.17, 15) is 4.79 Å². The first-order chi connectivity index (χ1) is 11.5. The first kappa shape index (κ1) is 18.4. The predicted molar refractivity (Wildman–Crippen MR) is 94.4 cm³/mol. The maximum Gasteiger partial charge on any atom is 0.513 e.